The first-order valence-corrected chi connectivity index (χ1v) is 4.96. The average Bonchev–Trinajstić information content (AvgIpc) is 2.71. The molecule has 13 heavy (non-hydrogen) atoms. The highest BCUT2D eigenvalue weighted by molar-refractivity contribution is 7.13. The van der Waals surface area contributed by atoms with Crippen LogP contribution in [-0.2, 0) is 6.42 Å². The van der Waals surface area contributed by atoms with Crippen LogP contribution in [0.5, 0.6) is 0 Å². The molecule has 0 aliphatic carbocycles. The summed E-state index contributed by atoms with van der Waals surface area (Å²) >= 11 is 1.66. The van der Waals surface area contributed by atoms with Crippen LogP contribution in [0.3, 0.4) is 0 Å². The van der Waals surface area contributed by atoms with Gasteiger partial charge >= 0.3 is 0 Å². The predicted octanol–water partition coefficient (Wildman–Crippen LogP) is 1.90. The van der Waals surface area contributed by atoms with Gasteiger partial charge in [-0.15, -0.1) is 11.3 Å². The summed E-state index contributed by atoms with van der Waals surface area (Å²) in [5.41, 5.74) is 6.39. The summed E-state index contributed by atoms with van der Waals surface area (Å²) in [6.45, 7) is 0.591. The Kier molecular flexibility index (Phi) is 2.42. The molecule has 0 aromatic carbocycles. The average molecular weight is 194 g/mol. The Morgan fingerprint density at radius 2 is 2.46 bits per heavy atom. The maximum absolute atomic E-state index is 5.46. The van der Waals surface area contributed by atoms with E-state index < -0.39 is 0 Å². The van der Waals surface area contributed by atoms with Crippen LogP contribution < -0.4 is 5.73 Å². The van der Waals surface area contributed by atoms with Gasteiger partial charge in [0.15, 0.2) is 6.39 Å². The van der Waals surface area contributed by atoms with Crippen molar-refractivity contribution in [2.75, 3.05) is 6.54 Å². The van der Waals surface area contributed by atoms with Crippen LogP contribution in [0, 0.1) is 0 Å². The number of nitrogens with two attached hydrogens (primary N) is 1. The van der Waals surface area contributed by atoms with Crippen molar-refractivity contribution in [1.82, 2.24) is 4.98 Å². The van der Waals surface area contributed by atoms with E-state index in [2.05, 4.69) is 4.98 Å². The zero-order valence-electron chi connectivity index (χ0n) is 7.06. The molecule has 0 aliphatic heterocycles. The van der Waals surface area contributed by atoms with Crippen LogP contribution in [0.15, 0.2) is 28.3 Å². The Morgan fingerprint density at radius 1 is 1.54 bits per heavy atom. The summed E-state index contributed by atoms with van der Waals surface area (Å²) in [5.74, 6) is 0.880. The first-order valence-electron chi connectivity index (χ1n) is 4.08. The quantitative estimate of drug-likeness (QED) is 0.812. The number of oxazole rings is 1. The fraction of sp³-hybridized carbons (Fsp3) is 0.222. The molecule has 0 atom stereocenters. The van der Waals surface area contributed by atoms with Gasteiger partial charge in [-0.25, -0.2) is 4.98 Å². The monoisotopic (exact) mass is 194 g/mol. The minimum Gasteiger partial charge on any atom is -0.448 e. The smallest absolute Gasteiger partial charge is 0.181 e. The molecule has 2 heterocycles. The summed E-state index contributed by atoms with van der Waals surface area (Å²) in [4.78, 5) is 5.30. The van der Waals surface area contributed by atoms with E-state index in [1.165, 1.54) is 6.39 Å². The predicted molar refractivity (Wildman–Crippen MR) is 52.6 cm³/mol. The summed E-state index contributed by atoms with van der Waals surface area (Å²) in [5, 5.41) is 2.02. The highest BCUT2D eigenvalue weighted by Gasteiger charge is 2.09. The molecule has 0 fully saturated rings. The van der Waals surface area contributed by atoms with Crippen molar-refractivity contribution in [3.05, 3.63) is 29.7 Å². The molecule has 0 spiro atoms. The van der Waals surface area contributed by atoms with Crippen molar-refractivity contribution in [3.63, 3.8) is 0 Å². The summed E-state index contributed by atoms with van der Waals surface area (Å²) in [7, 11) is 0. The van der Waals surface area contributed by atoms with Gasteiger partial charge in [0.25, 0.3) is 0 Å². The van der Waals surface area contributed by atoms with Gasteiger partial charge in [-0.1, -0.05) is 6.07 Å². The third-order valence-corrected chi connectivity index (χ3v) is 2.64. The van der Waals surface area contributed by atoms with Crippen molar-refractivity contribution in [2.24, 2.45) is 5.73 Å². The summed E-state index contributed by atoms with van der Waals surface area (Å²) in [6.07, 6.45) is 2.22. The van der Waals surface area contributed by atoms with E-state index >= 15 is 0 Å². The highest BCUT2D eigenvalue weighted by atomic mass is 32.1. The summed E-state index contributed by atoms with van der Waals surface area (Å²) < 4.78 is 5.24. The molecule has 0 saturated heterocycles. The molecule has 2 N–H and O–H groups in total. The van der Waals surface area contributed by atoms with Gasteiger partial charge in [0.05, 0.1) is 4.88 Å². The molecule has 0 aliphatic rings. The second-order valence-corrected chi connectivity index (χ2v) is 3.59. The lowest BCUT2D eigenvalue weighted by Crippen LogP contribution is -2.02. The van der Waals surface area contributed by atoms with Gasteiger partial charge in [-0.3, -0.25) is 0 Å². The van der Waals surface area contributed by atoms with Crippen molar-refractivity contribution in [1.29, 1.82) is 0 Å². The molecule has 0 bridgehead atoms. The number of hydrogen-bond acceptors (Lipinski definition) is 4. The van der Waals surface area contributed by atoms with Crippen LogP contribution in [-0.4, -0.2) is 11.5 Å². The lowest BCUT2D eigenvalue weighted by atomic mass is 10.2. The maximum Gasteiger partial charge on any atom is 0.181 e. The Bertz CT molecular complexity index is 367. The van der Waals surface area contributed by atoms with E-state index in [9.17, 15) is 0 Å². The van der Waals surface area contributed by atoms with Crippen molar-refractivity contribution in [3.8, 4) is 10.6 Å². The first kappa shape index (κ1) is 8.47. The van der Waals surface area contributed by atoms with Crippen LogP contribution in [0.4, 0.5) is 0 Å². The van der Waals surface area contributed by atoms with Crippen LogP contribution >= 0.6 is 11.3 Å². The van der Waals surface area contributed by atoms with Gasteiger partial charge in [-0.05, 0) is 18.0 Å². The fourth-order valence-electron chi connectivity index (χ4n) is 1.19. The maximum atomic E-state index is 5.46. The minimum absolute atomic E-state index is 0.591. The van der Waals surface area contributed by atoms with Crippen molar-refractivity contribution >= 4 is 11.3 Å². The van der Waals surface area contributed by atoms with Gasteiger partial charge in [-0.2, -0.15) is 0 Å². The van der Waals surface area contributed by atoms with Crippen molar-refractivity contribution in [2.45, 2.75) is 6.42 Å². The standard InChI is InChI=1S/C9H10N2OS/c10-4-3-7-9(11-6-12-7)8-2-1-5-13-8/h1-2,5-6H,3-4,10H2. The molecule has 2 rings (SSSR count). The number of nitrogens with zero attached hydrogens (tertiary/aromatic N) is 1. The van der Waals surface area contributed by atoms with Gasteiger partial charge in [0.1, 0.15) is 11.5 Å². The lowest BCUT2D eigenvalue weighted by molar-refractivity contribution is 0.506. The normalized spacial score (nSPS) is 10.5. The lowest BCUT2D eigenvalue weighted by Gasteiger charge is -1.94. The Hall–Kier alpha value is -1.13. The third-order valence-electron chi connectivity index (χ3n) is 1.77. The molecule has 2 aromatic heterocycles. The van der Waals surface area contributed by atoms with Gasteiger partial charge in [0, 0.05) is 6.42 Å². The molecular weight excluding hydrogens is 184 g/mol. The topological polar surface area (TPSA) is 52.0 Å². The number of thiophene rings is 1. The molecule has 4 heteroatoms. The largest absolute Gasteiger partial charge is 0.448 e. The van der Waals surface area contributed by atoms with E-state index in [4.69, 9.17) is 10.2 Å². The zero-order chi connectivity index (χ0) is 9.10. The fourth-order valence-corrected chi connectivity index (χ4v) is 1.93. The Balaban J connectivity index is 2.35. The number of hydrogen-bond donors (Lipinski definition) is 1. The Morgan fingerprint density at radius 3 is 3.15 bits per heavy atom. The molecular formula is C9H10N2OS. The molecule has 68 valence electrons. The Labute approximate surface area is 80.2 Å². The molecule has 2 aromatic rings. The van der Waals surface area contributed by atoms with Gasteiger partial charge in [0.2, 0.25) is 0 Å². The minimum atomic E-state index is 0.591. The molecule has 0 radical (unpaired) electrons. The molecule has 3 nitrogen and oxygen atoms in total. The van der Waals surface area contributed by atoms with E-state index in [-0.39, 0.29) is 0 Å². The van der Waals surface area contributed by atoms with E-state index in [1.54, 1.807) is 11.3 Å². The zero-order valence-corrected chi connectivity index (χ0v) is 7.88. The van der Waals surface area contributed by atoms with Gasteiger partial charge < -0.3 is 10.2 Å². The van der Waals surface area contributed by atoms with E-state index in [0.717, 1.165) is 22.8 Å². The second kappa shape index (κ2) is 3.72. The molecule has 0 amide bonds. The highest BCUT2D eigenvalue weighted by Crippen LogP contribution is 2.26. The second-order valence-electron chi connectivity index (χ2n) is 2.64. The molecule has 0 saturated carbocycles. The van der Waals surface area contributed by atoms with Crippen LogP contribution in [0.25, 0.3) is 10.6 Å². The SMILES string of the molecule is NCCc1ocnc1-c1cccs1. The van der Waals surface area contributed by atoms with Crippen molar-refractivity contribution < 1.29 is 4.42 Å². The van der Waals surface area contributed by atoms with Crippen LogP contribution in [0.1, 0.15) is 5.76 Å². The first-order chi connectivity index (χ1) is 6.42. The van der Waals surface area contributed by atoms with E-state index in [1.807, 2.05) is 17.5 Å². The third kappa shape index (κ3) is 1.64. The number of aromatic nitrogens is 1. The van der Waals surface area contributed by atoms with Crippen LogP contribution in [0.2, 0.25) is 0 Å². The van der Waals surface area contributed by atoms with E-state index in [0.29, 0.717) is 6.54 Å². The molecule has 0 unspecified atom stereocenters. The summed E-state index contributed by atoms with van der Waals surface area (Å²) in [6, 6.07) is 4.03. The number of rotatable bonds is 3.